The molecular formula is C11H13BrN2O4. The molecule has 0 spiro atoms. The van der Waals surface area contributed by atoms with E-state index in [0.717, 1.165) is 10.0 Å². The first-order chi connectivity index (χ1) is 8.49. The summed E-state index contributed by atoms with van der Waals surface area (Å²) in [6, 6.07) is 7.02. The highest BCUT2D eigenvalue weighted by molar-refractivity contribution is 9.10. The van der Waals surface area contributed by atoms with Crippen LogP contribution in [-0.4, -0.2) is 35.7 Å². The first-order valence-electron chi connectivity index (χ1n) is 5.08. The predicted molar refractivity (Wildman–Crippen MR) is 67.7 cm³/mol. The Morgan fingerprint density at radius 2 is 2.00 bits per heavy atom. The van der Waals surface area contributed by atoms with E-state index in [0.29, 0.717) is 6.54 Å². The van der Waals surface area contributed by atoms with Gasteiger partial charge in [0, 0.05) is 18.1 Å². The van der Waals surface area contributed by atoms with Crippen LogP contribution >= 0.6 is 15.9 Å². The molecule has 0 saturated heterocycles. The third-order valence-corrected chi connectivity index (χ3v) is 2.56. The molecule has 98 valence electrons. The highest BCUT2D eigenvalue weighted by Gasteiger charge is 2.09. The first-order valence-corrected chi connectivity index (χ1v) is 5.87. The van der Waals surface area contributed by atoms with Crippen molar-refractivity contribution in [1.29, 1.82) is 0 Å². The molecule has 1 aromatic carbocycles. The van der Waals surface area contributed by atoms with Gasteiger partial charge in [-0.3, -0.25) is 4.84 Å². The fourth-order valence-corrected chi connectivity index (χ4v) is 1.44. The smallest absolute Gasteiger partial charge is 0.341 e. The van der Waals surface area contributed by atoms with E-state index in [9.17, 15) is 9.59 Å². The van der Waals surface area contributed by atoms with Crippen LogP contribution in [0.4, 0.5) is 4.79 Å². The molecule has 0 fully saturated rings. The molecule has 0 radical (unpaired) electrons. The van der Waals surface area contributed by atoms with Crippen molar-refractivity contribution in [2.75, 3.05) is 13.7 Å². The Hall–Kier alpha value is -1.60. The lowest BCUT2D eigenvalue weighted by Gasteiger charge is -2.17. The van der Waals surface area contributed by atoms with Crippen molar-refractivity contribution in [2.24, 2.45) is 0 Å². The van der Waals surface area contributed by atoms with Gasteiger partial charge in [-0.25, -0.2) is 15.1 Å². The van der Waals surface area contributed by atoms with Crippen LogP contribution in [0.1, 0.15) is 5.56 Å². The van der Waals surface area contributed by atoms with Crippen molar-refractivity contribution in [3.63, 3.8) is 0 Å². The Labute approximate surface area is 113 Å². The van der Waals surface area contributed by atoms with E-state index in [4.69, 9.17) is 5.11 Å². The first kappa shape index (κ1) is 14.5. The number of hydrogen-bond acceptors (Lipinski definition) is 3. The molecule has 0 aliphatic rings. The highest BCUT2D eigenvalue weighted by Crippen LogP contribution is 2.11. The predicted octanol–water partition coefficient (Wildman–Crippen LogP) is 1.61. The molecule has 0 atom stereocenters. The second-order valence-corrected chi connectivity index (χ2v) is 4.49. The third-order valence-electron chi connectivity index (χ3n) is 2.03. The molecule has 6 nitrogen and oxygen atoms in total. The highest BCUT2D eigenvalue weighted by atomic mass is 79.9. The molecule has 0 saturated carbocycles. The van der Waals surface area contributed by atoms with Crippen LogP contribution in [0, 0.1) is 0 Å². The summed E-state index contributed by atoms with van der Waals surface area (Å²) in [6.45, 7) is -0.173. The number of hydroxylamine groups is 1. The molecule has 1 aromatic rings. The minimum Gasteiger partial charge on any atom is -0.479 e. The summed E-state index contributed by atoms with van der Waals surface area (Å²) in [6.07, 6.45) is 0. The normalized spacial score (nSPS) is 9.89. The number of halogens is 1. The van der Waals surface area contributed by atoms with Crippen LogP contribution in [0.15, 0.2) is 28.7 Å². The molecule has 0 aliphatic heterocycles. The van der Waals surface area contributed by atoms with Crippen LogP contribution in [0.25, 0.3) is 0 Å². The van der Waals surface area contributed by atoms with Gasteiger partial charge in [-0.05, 0) is 17.7 Å². The number of carboxylic acids is 1. The number of carboxylic acid groups (broad SMARTS) is 1. The van der Waals surface area contributed by atoms with E-state index in [1.54, 1.807) is 7.05 Å². The van der Waals surface area contributed by atoms with Gasteiger partial charge in [0.1, 0.15) is 0 Å². The molecule has 1 rings (SSSR count). The summed E-state index contributed by atoms with van der Waals surface area (Å²) in [5.74, 6) is -1.15. The molecule has 0 aliphatic carbocycles. The van der Waals surface area contributed by atoms with Crippen molar-refractivity contribution >= 4 is 27.9 Å². The van der Waals surface area contributed by atoms with Crippen LogP contribution in [0.2, 0.25) is 0 Å². The van der Waals surface area contributed by atoms with Crippen molar-refractivity contribution < 1.29 is 19.5 Å². The van der Waals surface area contributed by atoms with Gasteiger partial charge in [0.05, 0.1) is 0 Å². The van der Waals surface area contributed by atoms with E-state index in [-0.39, 0.29) is 0 Å². The van der Waals surface area contributed by atoms with Gasteiger partial charge in [-0.15, -0.1) is 0 Å². The zero-order valence-electron chi connectivity index (χ0n) is 9.72. The average Bonchev–Trinajstić information content (AvgIpc) is 2.31. The summed E-state index contributed by atoms with van der Waals surface area (Å²) < 4.78 is 0.961. The quantitative estimate of drug-likeness (QED) is 0.809. The Bertz CT molecular complexity index is 422. The van der Waals surface area contributed by atoms with E-state index in [1.165, 1.54) is 4.90 Å². The Kier molecular flexibility index (Phi) is 5.60. The number of carbonyl (C=O) groups is 2. The van der Waals surface area contributed by atoms with E-state index in [1.807, 2.05) is 29.7 Å². The van der Waals surface area contributed by atoms with Crippen molar-refractivity contribution in [3.05, 3.63) is 34.3 Å². The number of rotatable bonds is 5. The molecule has 7 heteroatoms. The average molecular weight is 317 g/mol. The minimum atomic E-state index is -1.15. The standard InChI is InChI=1S/C11H13BrN2O4/c1-14(11(17)13-18-7-10(15)16)6-8-2-4-9(12)5-3-8/h2-5H,6-7H2,1H3,(H,13,17)(H,15,16). The maximum absolute atomic E-state index is 11.5. The van der Waals surface area contributed by atoms with Gasteiger partial charge in [-0.1, -0.05) is 28.1 Å². The molecule has 18 heavy (non-hydrogen) atoms. The molecule has 0 heterocycles. The summed E-state index contributed by atoms with van der Waals surface area (Å²) in [7, 11) is 1.58. The lowest BCUT2D eigenvalue weighted by Crippen LogP contribution is -2.37. The summed E-state index contributed by atoms with van der Waals surface area (Å²) in [5, 5.41) is 8.33. The topological polar surface area (TPSA) is 78.9 Å². The zero-order valence-corrected chi connectivity index (χ0v) is 11.3. The number of nitrogens with zero attached hydrogens (tertiary/aromatic N) is 1. The molecular weight excluding hydrogens is 304 g/mol. The fourth-order valence-electron chi connectivity index (χ4n) is 1.17. The second-order valence-electron chi connectivity index (χ2n) is 3.57. The molecule has 0 bridgehead atoms. The second kappa shape index (κ2) is 6.97. The lowest BCUT2D eigenvalue weighted by atomic mass is 10.2. The largest absolute Gasteiger partial charge is 0.479 e. The number of benzene rings is 1. The maximum atomic E-state index is 11.5. The number of urea groups is 1. The fraction of sp³-hybridized carbons (Fsp3) is 0.273. The maximum Gasteiger partial charge on any atom is 0.341 e. The monoisotopic (exact) mass is 316 g/mol. The summed E-state index contributed by atoms with van der Waals surface area (Å²) >= 11 is 3.32. The number of carbonyl (C=O) groups excluding carboxylic acids is 1. The van der Waals surface area contributed by atoms with Gasteiger partial charge in [0.2, 0.25) is 0 Å². The van der Waals surface area contributed by atoms with Gasteiger partial charge < -0.3 is 10.0 Å². The zero-order chi connectivity index (χ0) is 13.5. The molecule has 2 N–H and O–H groups in total. The van der Waals surface area contributed by atoms with Crippen molar-refractivity contribution in [2.45, 2.75) is 6.54 Å². The van der Waals surface area contributed by atoms with Gasteiger partial charge in [0.15, 0.2) is 6.61 Å². The Balaban J connectivity index is 2.39. The van der Waals surface area contributed by atoms with Gasteiger partial charge in [-0.2, -0.15) is 0 Å². The number of amides is 2. The van der Waals surface area contributed by atoms with Gasteiger partial charge >= 0.3 is 12.0 Å². The number of aliphatic carboxylic acids is 1. The molecule has 2 amide bonds. The van der Waals surface area contributed by atoms with E-state index < -0.39 is 18.6 Å². The van der Waals surface area contributed by atoms with Gasteiger partial charge in [0.25, 0.3) is 0 Å². The molecule has 0 unspecified atom stereocenters. The summed E-state index contributed by atoms with van der Waals surface area (Å²) in [4.78, 5) is 27.5. The number of nitrogens with one attached hydrogen (secondary N) is 1. The SMILES string of the molecule is CN(Cc1ccc(Br)cc1)C(=O)NOCC(=O)O. The van der Waals surface area contributed by atoms with Crippen molar-refractivity contribution in [1.82, 2.24) is 10.4 Å². The van der Waals surface area contributed by atoms with Crippen LogP contribution < -0.4 is 5.48 Å². The van der Waals surface area contributed by atoms with Crippen LogP contribution in [-0.2, 0) is 16.2 Å². The van der Waals surface area contributed by atoms with E-state index >= 15 is 0 Å². The summed E-state index contributed by atoms with van der Waals surface area (Å²) in [5.41, 5.74) is 3.00. The Morgan fingerprint density at radius 1 is 1.39 bits per heavy atom. The molecule has 0 aromatic heterocycles. The van der Waals surface area contributed by atoms with Crippen molar-refractivity contribution in [3.8, 4) is 0 Å². The van der Waals surface area contributed by atoms with Crippen LogP contribution in [0.5, 0.6) is 0 Å². The third kappa shape index (κ3) is 5.15. The minimum absolute atomic E-state index is 0.398. The number of hydrogen-bond donors (Lipinski definition) is 2. The van der Waals surface area contributed by atoms with E-state index in [2.05, 4.69) is 20.8 Å². The van der Waals surface area contributed by atoms with Crippen LogP contribution in [0.3, 0.4) is 0 Å². The lowest BCUT2D eigenvalue weighted by molar-refractivity contribution is -0.144. The Morgan fingerprint density at radius 3 is 2.56 bits per heavy atom.